The minimum absolute atomic E-state index is 0.0932. The number of Topliss-reactive ketones (excluding diaryl/α,β-unsaturated/α-hetero) is 1. The van der Waals surface area contributed by atoms with Gasteiger partial charge in [0.05, 0.1) is 38.5 Å². The molecular weight excluding hydrogens is 448 g/mol. The molecule has 0 aromatic heterocycles. The number of methoxy groups -OCH3 is 1. The van der Waals surface area contributed by atoms with E-state index in [1.165, 1.54) is 0 Å². The van der Waals surface area contributed by atoms with E-state index in [0.29, 0.717) is 49.8 Å². The molecule has 1 N–H and O–H groups in total. The Morgan fingerprint density at radius 3 is 2.29 bits per heavy atom. The van der Waals surface area contributed by atoms with Crippen LogP contribution in [0.15, 0.2) is 54.1 Å². The number of hydrogen-bond donors (Lipinski definition) is 1. The first-order valence-electron chi connectivity index (χ1n) is 12.0. The second-order valence-corrected chi connectivity index (χ2v) is 8.53. The lowest BCUT2D eigenvalue weighted by atomic mass is 9.95. The van der Waals surface area contributed by atoms with E-state index in [1.807, 2.05) is 31.2 Å². The van der Waals surface area contributed by atoms with Gasteiger partial charge < -0.3 is 24.2 Å². The highest BCUT2D eigenvalue weighted by molar-refractivity contribution is 6.46. The highest BCUT2D eigenvalue weighted by Gasteiger charge is 2.45. The Morgan fingerprint density at radius 2 is 1.66 bits per heavy atom. The summed E-state index contributed by atoms with van der Waals surface area (Å²) in [6.07, 6.45) is 0.711. The fourth-order valence-corrected chi connectivity index (χ4v) is 4.56. The molecule has 0 radical (unpaired) electrons. The number of carbonyl (C=O) groups excluding carboxylic acids is 2. The number of hydrogen-bond acceptors (Lipinski definition) is 7. The summed E-state index contributed by atoms with van der Waals surface area (Å²) in [7, 11) is 1.56. The van der Waals surface area contributed by atoms with E-state index in [0.717, 1.165) is 25.2 Å². The van der Waals surface area contributed by atoms with Crippen LogP contribution in [0.4, 0.5) is 0 Å². The summed E-state index contributed by atoms with van der Waals surface area (Å²) < 4.78 is 16.2. The largest absolute Gasteiger partial charge is 0.507 e. The number of aliphatic hydroxyl groups is 1. The van der Waals surface area contributed by atoms with E-state index in [-0.39, 0.29) is 11.3 Å². The van der Waals surface area contributed by atoms with E-state index in [1.54, 1.807) is 36.3 Å². The van der Waals surface area contributed by atoms with Gasteiger partial charge in [0.2, 0.25) is 0 Å². The molecule has 1 amide bonds. The van der Waals surface area contributed by atoms with Crippen LogP contribution in [0.1, 0.15) is 30.5 Å². The van der Waals surface area contributed by atoms with Crippen molar-refractivity contribution < 1.29 is 28.9 Å². The van der Waals surface area contributed by atoms with Gasteiger partial charge in [-0.1, -0.05) is 12.1 Å². The monoisotopic (exact) mass is 480 g/mol. The lowest BCUT2D eigenvalue weighted by molar-refractivity contribution is -0.140. The van der Waals surface area contributed by atoms with Crippen LogP contribution in [0.5, 0.6) is 11.5 Å². The van der Waals surface area contributed by atoms with Crippen LogP contribution in [0.2, 0.25) is 0 Å². The van der Waals surface area contributed by atoms with Crippen LogP contribution in [-0.2, 0) is 14.3 Å². The van der Waals surface area contributed by atoms with Gasteiger partial charge in [0.15, 0.2) is 0 Å². The molecule has 2 aliphatic heterocycles. The Kier molecular flexibility index (Phi) is 8.05. The molecule has 8 heteroatoms. The number of amides is 1. The summed E-state index contributed by atoms with van der Waals surface area (Å²) in [4.78, 5) is 30.2. The average molecular weight is 481 g/mol. The van der Waals surface area contributed by atoms with Crippen LogP contribution >= 0.6 is 0 Å². The number of ether oxygens (including phenoxy) is 3. The summed E-state index contributed by atoms with van der Waals surface area (Å²) in [5.74, 6) is -0.131. The van der Waals surface area contributed by atoms with Gasteiger partial charge >= 0.3 is 0 Å². The first-order chi connectivity index (χ1) is 17.0. The van der Waals surface area contributed by atoms with Crippen molar-refractivity contribution in [2.75, 3.05) is 53.1 Å². The van der Waals surface area contributed by atoms with Gasteiger partial charge in [-0.05, 0) is 55.3 Å². The maximum Gasteiger partial charge on any atom is 0.295 e. The third-order valence-electron chi connectivity index (χ3n) is 6.39. The number of carbonyl (C=O) groups is 2. The lowest BCUT2D eigenvalue weighted by Crippen LogP contribution is -2.38. The van der Waals surface area contributed by atoms with E-state index in [9.17, 15) is 14.7 Å². The van der Waals surface area contributed by atoms with Crippen molar-refractivity contribution in [3.8, 4) is 11.5 Å². The zero-order valence-corrected chi connectivity index (χ0v) is 20.2. The van der Waals surface area contributed by atoms with Gasteiger partial charge in [0.1, 0.15) is 17.3 Å². The van der Waals surface area contributed by atoms with Crippen LogP contribution in [-0.4, -0.2) is 79.7 Å². The van der Waals surface area contributed by atoms with Crippen molar-refractivity contribution in [1.29, 1.82) is 0 Å². The zero-order chi connectivity index (χ0) is 24.8. The Bertz CT molecular complexity index is 1060. The number of morpholine rings is 1. The van der Waals surface area contributed by atoms with Gasteiger partial charge in [0.25, 0.3) is 11.7 Å². The Hall–Kier alpha value is -3.36. The molecule has 0 spiro atoms. The highest BCUT2D eigenvalue weighted by Crippen LogP contribution is 2.40. The Balaban J connectivity index is 1.66. The quantitative estimate of drug-likeness (QED) is 0.335. The Morgan fingerprint density at radius 1 is 1.00 bits per heavy atom. The topological polar surface area (TPSA) is 88.5 Å². The summed E-state index contributed by atoms with van der Waals surface area (Å²) in [5.41, 5.74) is 1.29. The number of rotatable bonds is 9. The second-order valence-electron chi connectivity index (χ2n) is 8.53. The molecule has 2 fully saturated rings. The van der Waals surface area contributed by atoms with Crippen molar-refractivity contribution in [2.24, 2.45) is 0 Å². The van der Waals surface area contributed by atoms with Crippen molar-refractivity contribution >= 4 is 17.4 Å². The molecule has 2 saturated heterocycles. The third kappa shape index (κ3) is 5.49. The molecule has 186 valence electrons. The highest BCUT2D eigenvalue weighted by atomic mass is 16.5. The van der Waals surface area contributed by atoms with Gasteiger partial charge in [-0.25, -0.2) is 0 Å². The molecule has 0 aliphatic carbocycles. The van der Waals surface area contributed by atoms with Crippen LogP contribution in [0.25, 0.3) is 5.76 Å². The molecule has 2 aromatic carbocycles. The van der Waals surface area contributed by atoms with Crippen molar-refractivity contribution in [2.45, 2.75) is 19.4 Å². The number of ketones is 1. The van der Waals surface area contributed by atoms with Crippen LogP contribution in [0, 0.1) is 0 Å². The maximum atomic E-state index is 13.2. The van der Waals surface area contributed by atoms with Gasteiger partial charge in [-0.3, -0.25) is 14.5 Å². The first kappa shape index (κ1) is 24.8. The minimum Gasteiger partial charge on any atom is -0.507 e. The van der Waals surface area contributed by atoms with Crippen molar-refractivity contribution in [3.63, 3.8) is 0 Å². The van der Waals surface area contributed by atoms with E-state index in [2.05, 4.69) is 4.90 Å². The summed E-state index contributed by atoms with van der Waals surface area (Å²) in [5, 5.41) is 11.2. The molecule has 0 saturated carbocycles. The van der Waals surface area contributed by atoms with E-state index in [4.69, 9.17) is 14.2 Å². The normalized spacial score (nSPS) is 20.3. The zero-order valence-electron chi connectivity index (χ0n) is 20.2. The van der Waals surface area contributed by atoms with Gasteiger partial charge in [-0.2, -0.15) is 0 Å². The molecule has 2 aliphatic rings. The molecule has 4 rings (SSSR count). The van der Waals surface area contributed by atoms with E-state index < -0.39 is 17.7 Å². The number of likely N-dealkylation sites (tertiary alicyclic amines) is 1. The molecular formula is C27H32N2O6. The SMILES string of the molecule is CCOc1ccc([C@H]2/C(=C(\O)c3ccc(OC)cc3)C(=O)C(=O)N2CCCN2CCOCC2)cc1. The average Bonchev–Trinajstić information content (AvgIpc) is 3.14. The van der Waals surface area contributed by atoms with Crippen molar-refractivity contribution in [1.82, 2.24) is 9.80 Å². The molecule has 35 heavy (non-hydrogen) atoms. The molecule has 2 aromatic rings. The van der Waals surface area contributed by atoms with E-state index >= 15 is 0 Å². The molecule has 1 atom stereocenters. The lowest BCUT2D eigenvalue weighted by Gasteiger charge is -2.29. The first-order valence-corrected chi connectivity index (χ1v) is 12.0. The standard InChI is InChI=1S/C27H32N2O6/c1-3-35-22-11-5-19(6-12-22)24-23(25(30)20-7-9-21(33-2)10-8-20)26(31)27(32)29(24)14-4-13-28-15-17-34-18-16-28/h5-12,24,30H,3-4,13-18H2,1-2H3/b25-23+/t24-/m0/s1. The van der Waals surface area contributed by atoms with Crippen LogP contribution < -0.4 is 9.47 Å². The molecule has 8 nitrogen and oxygen atoms in total. The molecule has 0 bridgehead atoms. The maximum absolute atomic E-state index is 13.2. The predicted molar refractivity (Wildman–Crippen MR) is 131 cm³/mol. The van der Waals surface area contributed by atoms with Crippen molar-refractivity contribution in [3.05, 3.63) is 65.2 Å². The predicted octanol–water partition coefficient (Wildman–Crippen LogP) is 3.24. The molecule has 0 unspecified atom stereocenters. The summed E-state index contributed by atoms with van der Waals surface area (Å²) in [6, 6.07) is 13.4. The second kappa shape index (κ2) is 11.4. The Labute approximate surface area is 205 Å². The summed E-state index contributed by atoms with van der Waals surface area (Å²) >= 11 is 0. The number of aliphatic hydroxyl groups excluding tert-OH is 1. The summed E-state index contributed by atoms with van der Waals surface area (Å²) in [6.45, 7) is 6.79. The fourth-order valence-electron chi connectivity index (χ4n) is 4.56. The number of benzene rings is 2. The van der Waals surface area contributed by atoms with Gasteiger partial charge in [-0.15, -0.1) is 0 Å². The minimum atomic E-state index is -0.683. The van der Waals surface area contributed by atoms with Gasteiger partial charge in [0, 0.05) is 31.7 Å². The molecule has 2 heterocycles. The number of nitrogens with zero attached hydrogens (tertiary/aromatic N) is 2. The van der Waals surface area contributed by atoms with Crippen LogP contribution in [0.3, 0.4) is 0 Å². The third-order valence-corrected chi connectivity index (χ3v) is 6.39. The fraction of sp³-hybridized carbons (Fsp3) is 0.407. The smallest absolute Gasteiger partial charge is 0.295 e.